The van der Waals surface area contributed by atoms with Crippen molar-refractivity contribution in [3.05, 3.63) is 59.2 Å². The van der Waals surface area contributed by atoms with Gasteiger partial charge in [0.15, 0.2) is 5.78 Å². The third kappa shape index (κ3) is 8.07. The minimum Gasteiger partial charge on any atom is -0.497 e. The summed E-state index contributed by atoms with van der Waals surface area (Å²) < 4.78 is 10.5. The van der Waals surface area contributed by atoms with Gasteiger partial charge in [-0.2, -0.15) is 0 Å². The molecule has 1 amide bonds. The van der Waals surface area contributed by atoms with Gasteiger partial charge in [0.25, 0.3) is 0 Å². The average Bonchev–Trinajstić information content (AvgIpc) is 3.40. The van der Waals surface area contributed by atoms with Crippen molar-refractivity contribution in [3.8, 4) is 11.5 Å². The van der Waals surface area contributed by atoms with E-state index in [0.29, 0.717) is 31.4 Å². The molecule has 0 spiro atoms. The monoisotopic (exact) mass is 496 g/mol. The van der Waals surface area contributed by atoms with Gasteiger partial charge in [-0.15, -0.1) is 0 Å². The number of amides is 1. The van der Waals surface area contributed by atoms with E-state index in [1.54, 1.807) is 38.5 Å². The minimum absolute atomic E-state index is 0.0649. The first-order chi connectivity index (χ1) is 17.4. The molecule has 1 heterocycles. The number of carbonyl (C=O) groups is 2. The molecule has 0 aromatic heterocycles. The van der Waals surface area contributed by atoms with Crippen LogP contribution in [0.15, 0.2) is 42.5 Å². The van der Waals surface area contributed by atoms with Crippen LogP contribution in [0, 0.1) is 6.92 Å². The molecule has 1 aliphatic heterocycles. The van der Waals surface area contributed by atoms with E-state index in [1.165, 1.54) is 0 Å². The van der Waals surface area contributed by atoms with E-state index in [2.05, 4.69) is 10.2 Å². The number of methoxy groups -OCH3 is 2. The number of nitrogens with one attached hydrogen (secondary N) is 1. The standard InChI is InChI=1S/C29H40N2O5/c1-21-19-23(13-16-27(21)36-3)29(34)25(20-31-17-7-8-18-31)30-28(33)10-6-4-5-9-26(32)22-11-14-24(35-2)15-12-22/h11-16,19,25,29,34H,4-10,17-18,20H2,1-3H3,(H,30,33)/t25-,29-/m1/s1. The molecule has 196 valence electrons. The Morgan fingerprint density at radius 2 is 1.67 bits per heavy atom. The number of nitrogens with zero attached hydrogens (tertiary/aromatic N) is 1. The van der Waals surface area contributed by atoms with Gasteiger partial charge in [0.1, 0.15) is 17.6 Å². The summed E-state index contributed by atoms with van der Waals surface area (Å²) in [5.74, 6) is 1.54. The van der Waals surface area contributed by atoms with Crippen LogP contribution < -0.4 is 14.8 Å². The maximum atomic E-state index is 12.8. The molecule has 1 saturated heterocycles. The smallest absolute Gasteiger partial charge is 0.220 e. The maximum absolute atomic E-state index is 12.8. The number of Topliss-reactive ketones (excluding diaryl/α,β-unsaturated/α-hetero) is 1. The van der Waals surface area contributed by atoms with Gasteiger partial charge in [0, 0.05) is 24.9 Å². The number of benzene rings is 2. The zero-order chi connectivity index (χ0) is 25.9. The van der Waals surface area contributed by atoms with Crippen LogP contribution in [0.2, 0.25) is 0 Å². The lowest BCUT2D eigenvalue weighted by atomic mass is 9.99. The Bertz CT molecular complexity index is 986. The van der Waals surface area contributed by atoms with E-state index >= 15 is 0 Å². The second kappa shape index (κ2) is 14.0. The molecule has 2 aromatic carbocycles. The van der Waals surface area contributed by atoms with Crippen molar-refractivity contribution < 1.29 is 24.2 Å². The highest BCUT2D eigenvalue weighted by Gasteiger charge is 2.27. The summed E-state index contributed by atoms with van der Waals surface area (Å²) in [7, 11) is 3.23. The summed E-state index contributed by atoms with van der Waals surface area (Å²) >= 11 is 0. The molecular formula is C29H40N2O5. The molecule has 3 rings (SSSR count). The topological polar surface area (TPSA) is 88.1 Å². The highest BCUT2D eigenvalue weighted by molar-refractivity contribution is 5.96. The Labute approximate surface area is 214 Å². The van der Waals surface area contributed by atoms with Gasteiger partial charge in [0.2, 0.25) is 5.91 Å². The van der Waals surface area contributed by atoms with Gasteiger partial charge in [-0.1, -0.05) is 12.5 Å². The lowest BCUT2D eigenvalue weighted by Gasteiger charge is -2.29. The summed E-state index contributed by atoms with van der Waals surface area (Å²) in [6.45, 7) is 4.54. The van der Waals surface area contributed by atoms with Gasteiger partial charge in [-0.05, 0) is 93.2 Å². The number of hydrogen-bond donors (Lipinski definition) is 2. The number of ether oxygens (including phenoxy) is 2. The Balaban J connectivity index is 1.48. The van der Waals surface area contributed by atoms with Gasteiger partial charge < -0.3 is 24.8 Å². The van der Waals surface area contributed by atoms with Crippen molar-refractivity contribution in [1.29, 1.82) is 0 Å². The third-order valence-electron chi connectivity index (χ3n) is 6.86. The summed E-state index contributed by atoms with van der Waals surface area (Å²) in [4.78, 5) is 27.4. The predicted molar refractivity (Wildman–Crippen MR) is 141 cm³/mol. The van der Waals surface area contributed by atoms with Crippen molar-refractivity contribution in [2.24, 2.45) is 0 Å². The van der Waals surface area contributed by atoms with Crippen LogP contribution in [0.3, 0.4) is 0 Å². The maximum Gasteiger partial charge on any atom is 0.220 e. The van der Waals surface area contributed by atoms with Crippen molar-refractivity contribution in [1.82, 2.24) is 10.2 Å². The van der Waals surface area contributed by atoms with Crippen LogP contribution in [0.1, 0.15) is 72.5 Å². The van der Waals surface area contributed by atoms with E-state index in [9.17, 15) is 14.7 Å². The van der Waals surface area contributed by atoms with Crippen LogP contribution >= 0.6 is 0 Å². The van der Waals surface area contributed by atoms with Gasteiger partial charge in [-0.3, -0.25) is 9.59 Å². The average molecular weight is 497 g/mol. The highest BCUT2D eigenvalue weighted by Crippen LogP contribution is 2.25. The Hall–Kier alpha value is -2.90. The summed E-state index contributed by atoms with van der Waals surface area (Å²) in [5, 5.41) is 14.2. The van der Waals surface area contributed by atoms with Crippen molar-refractivity contribution >= 4 is 11.7 Å². The molecule has 2 N–H and O–H groups in total. The molecule has 0 aliphatic carbocycles. The summed E-state index contributed by atoms with van der Waals surface area (Å²) in [5.41, 5.74) is 2.40. The number of aliphatic hydroxyl groups is 1. The Morgan fingerprint density at radius 3 is 2.31 bits per heavy atom. The first kappa shape index (κ1) is 27.7. The fourth-order valence-electron chi connectivity index (χ4n) is 4.73. The van der Waals surface area contributed by atoms with Crippen LogP contribution in [0.4, 0.5) is 0 Å². The first-order valence-electron chi connectivity index (χ1n) is 12.9. The fourth-order valence-corrected chi connectivity index (χ4v) is 4.73. The molecule has 2 aromatic rings. The SMILES string of the molecule is COc1ccc(C(=O)CCCCCC(=O)N[C@H](CN2CCCC2)[C@H](O)c2ccc(OC)c(C)c2)cc1. The first-order valence-corrected chi connectivity index (χ1v) is 12.9. The molecule has 0 unspecified atom stereocenters. The van der Waals surface area contributed by atoms with Crippen LogP contribution in [0.5, 0.6) is 11.5 Å². The molecule has 7 heteroatoms. The molecule has 0 radical (unpaired) electrons. The zero-order valence-corrected chi connectivity index (χ0v) is 21.8. The zero-order valence-electron chi connectivity index (χ0n) is 21.8. The molecule has 36 heavy (non-hydrogen) atoms. The molecule has 1 aliphatic rings. The molecule has 0 saturated carbocycles. The number of ketones is 1. The summed E-state index contributed by atoms with van der Waals surface area (Å²) in [6, 6.07) is 12.4. The fraction of sp³-hybridized carbons (Fsp3) is 0.517. The van der Waals surface area contributed by atoms with Gasteiger partial charge >= 0.3 is 0 Å². The second-order valence-electron chi connectivity index (χ2n) is 9.57. The molecule has 2 atom stereocenters. The number of aryl methyl sites for hydroxylation is 1. The Kier molecular flexibility index (Phi) is 10.8. The quantitative estimate of drug-likeness (QED) is 0.297. The van der Waals surface area contributed by atoms with Crippen LogP contribution in [0.25, 0.3) is 0 Å². The number of aliphatic hydroxyl groups excluding tert-OH is 1. The molecule has 7 nitrogen and oxygen atoms in total. The highest BCUT2D eigenvalue weighted by atomic mass is 16.5. The number of hydrogen-bond acceptors (Lipinski definition) is 6. The van der Waals surface area contributed by atoms with E-state index in [-0.39, 0.29) is 17.7 Å². The Morgan fingerprint density at radius 1 is 0.972 bits per heavy atom. The minimum atomic E-state index is -0.804. The third-order valence-corrected chi connectivity index (χ3v) is 6.86. The van der Waals surface area contributed by atoms with E-state index in [0.717, 1.165) is 61.4 Å². The largest absolute Gasteiger partial charge is 0.497 e. The lowest BCUT2D eigenvalue weighted by Crippen LogP contribution is -2.46. The van der Waals surface area contributed by atoms with E-state index in [4.69, 9.17) is 9.47 Å². The summed E-state index contributed by atoms with van der Waals surface area (Å²) in [6.07, 6.45) is 4.57. The van der Waals surface area contributed by atoms with Gasteiger partial charge in [-0.25, -0.2) is 0 Å². The van der Waals surface area contributed by atoms with Crippen LogP contribution in [-0.2, 0) is 4.79 Å². The van der Waals surface area contributed by atoms with Gasteiger partial charge in [0.05, 0.1) is 20.3 Å². The number of unbranched alkanes of at least 4 members (excludes halogenated alkanes) is 2. The molecular weight excluding hydrogens is 456 g/mol. The lowest BCUT2D eigenvalue weighted by molar-refractivity contribution is -0.123. The van der Waals surface area contributed by atoms with Crippen LogP contribution in [-0.4, -0.2) is 61.6 Å². The van der Waals surface area contributed by atoms with Crippen molar-refractivity contribution in [2.75, 3.05) is 33.9 Å². The van der Waals surface area contributed by atoms with Crippen molar-refractivity contribution in [3.63, 3.8) is 0 Å². The molecule has 1 fully saturated rings. The normalized spacial score (nSPS) is 15.3. The second-order valence-corrected chi connectivity index (χ2v) is 9.57. The van der Waals surface area contributed by atoms with Crippen molar-refractivity contribution in [2.45, 2.75) is 64.0 Å². The number of carbonyl (C=O) groups excluding carboxylic acids is 2. The predicted octanol–water partition coefficient (Wildman–Crippen LogP) is 4.46. The number of rotatable bonds is 14. The van der Waals surface area contributed by atoms with E-state index < -0.39 is 6.10 Å². The van der Waals surface area contributed by atoms with E-state index in [1.807, 2.05) is 25.1 Å². The molecule has 0 bridgehead atoms. The number of likely N-dealkylation sites (tertiary alicyclic amines) is 1.